The average molecular weight is 554 g/mol. The molecule has 2 saturated heterocycles. The Balaban J connectivity index is 1.59. The Morgan fingerprint density at radius 1 is 1.27 bits per heavy atom. The summed E-state index contributed by atoms with van der Waals surface area (Å²) in [5.74, 6) is -1.01. The van der Waals surface area contributed by atoms with Crippen molar-refractivity contribution in [1.29, 1.82) is 0 Å². The zero-order valence-corrected chi connectivity index (χ0v) is 22.9. The minimum atomic E-state index is -3.92. The summed E-state index contributed by atoms with van der Waals surface area (Å²) in [5.41, 5.74) is 0.848. The molecule has 2 aliphatic heterocycles. The first-order valence-electron chi connectivity index (χ1n) is 12.8. The maximum atomic E-state index is 14.3. The molecule has 0 bridgehead atoms. The molecule has 2 aliphatic rings. The number of halogens is 1. The average Bonchev–Trinajstić information content (AvgIpc) is 3.54. The highest BCUT2D eigenvalue weighted by atomic mass is 32.2. The largest absolute Gasteiger partial charge is 0.379 e. The van der Waals surface area contributed by atoms with Gasteiger partial charge in [-0.25, -0.2) is 17.8 Å². The van der Waals surface area contributed by atoms with Gasteiger partial charge in [0, 0.05) is 44.9 Å². The van der Waals surface area contributed by atoms with Gasteiger partial charge in [-0.2, -0.15) is 0 Å². The highest BCUT2D eigenvalue weighted by molar-refractivity contribution is 7.90. The number of benzene rings is 1. The Morgan fingerprint density at radius 3 is 2.76 bits per heavy atom. The first kappa shape index (κ1) is 27.9. The molecule has 0 radical (unpaired) electrons. The number of imidazole rings is 1. The third-order valence-corrected chi connectivity index (χ3v) is 8.63. The summed E-state index contributed by atoms with van der Waals surface area (Å²) in [6.45, 7) is 8.76. The van der Waals surface area contributed by atoms with Crippen molar-refractivity contribution in [3.8, 4) is 0 Å². The summed E-state index contributed by atoms with van der Waals surface area (Å²) in [7, 11) is -3.92. The first-order valence-corrected chi connectivity index (χ1v) is 14.9. The Bertz CT molecular complexity index is 1150. The lowest BCUT2D eigenvalue weighted by Crippen LogP contribution is -2.46. The second kappa shape index (κ2) is 13.1. The molecule has 1 aromatic carbocycles. The van der Waals surface area contributed by atoms with Crippen LogP contribution in [0.15, 0.2) is 35.6 Å². The third kappa shape index (κ3) is 7.47. The fraction of sp³-hybridized carbons (Fsp3) is 0.600. The SMILES string of the molecule is CCNC(=S)N(CCN1CCOCC1)Cc1cnc(S(=O)(=O)Cc2ccccc2F)n1C[C@H]1CCCO1. The van der Waals surface area contributed by atoms with Crippen molar-refractivity contribution < 1.29 is 22.3 Å². The summed E-state index contributed by atoms with van der Waals surface area (Å²) >= 11 is 5.67. The van der Waals surface area contributed by atoms with Gasteiger partial charge >= 0.3 is 0 Å². The fourth-order valence-electron chi connectivity index (χ4n) is 4.64. The normalized spacial score (nSPS) is 18.7. The van der Waals surface area contributed by atoms with Crippen molar-refractivity contribution >= 4 is 27.2 Å². The molecule has 0 saturated carbocycles. The quantitative estimate of drug-likeness (QED) is 0.421. The first-order chi connectivity index (χ1) is 17.9. The number of nitrogens with one attached hydrogen (secondary N) is 1. The molecule has 12 heteroatoms. The summed E-state index contributed by atoms with van der Waals surface area (Å²) in [4.78, 5) is 8.72. The molecule has 0 unspecified atom stereocenters. The van der Waals surface area contributed by atoms with Crippen LogP contribution in [0.25, 0.3) is 0 Å². The van der Waals surface area contributed by atoms with E-state index in [1.807, 2.05) is 11.8 Å². The Hall–Kier alpha value is -2.12. The van der Waals surface area contributed by atoms with Crippen molar-refractivity contribution in [2.75, 3.05) is 52.5 Å². The molecule has 37 heavy (non-hydrogen) atoms. The van der Waals surface area contributed by atoms with Gasteiger partial charge in [0.2, 0.25) is 15.0 Å². The van der Waals surface area contributed by atoms with Crippen LogP contribution < -0.4 is 5.32 Å². The molecule has 0 amide bonds. The van der Waals surface area contributed by atoms with E-state index in [4.69, 9.17) is 21.7 Å². The Morgan fingerprint density at radius 2 is 2.05 bits per heavy atom. The topological polar surface area (TPSA) is 88.9 Å². The lowest BCUT2D eigenvalue weighted by atomic mass is 10.2. The molecule has 0 spiro atoms. The third-order valence-electron chi connectivity index (χ3n) is 6.65. The van der Waals surface area contributed by atoms with E-state index < -0.39 is 21.4 Å². The van der Waals surface area contributed by atoms with E-state index in [2.05, 4.69) is 15.2 Å². The van der Waals surface area contributed by atoms with E-state index in [9.17, 15) is 12.8 Å². The standard InChI is InChI=1S/C25H36FN5O4S2/c1-2-27-24(36)30(10-9-29-11-14-34-15-12-29)17-21-16-28-25(31(21)18-22-7-5-13-35-22)37(32,33)19-20-6-3-4-8-23(20)26/h3-4,6,8,16,22H,2,5,7,9-15,17-19H2,1H3,(H,27,36)/t22-/m1/s1. The number of thiocarbonyl (C=S) groups is 1. The monoisotopic (exact) mass is 553 g/mol. The van der Waals surface area contributed by atoms with Crippen molar-refractivity contribution in [3.05, 3.63) is 47.5 Å². The number of hydrogen-bond acceptors (Lipinski definition) is 7. The number of rotatable bonds is 11. The van der Waals surface area contributed by atoms with E-state index in [-0.39, 0.29) is 16.8 Å². The van der Waals surface area contributed by atoms with Gasteiger partial charge in [-0.1, -0.05) is 18.2 Å². The fourth-order valence-corrected chi connectivity index (χ4v) is 6.45. The molecule has 9 nitrogen and oxygen atoms in total. The molecule has 1 aromatic heterocycles. The predicted octanol–water partition coefficient (Wildman–Crippen LogP) is 2.20. The van der Waals surface area contributed by atoms with Crippen molar-refractivity contribution in [1.82, 2.24) is 24.7 Å². The number of ether oxygens (including phenoxy) is 2. The maximum absolute atomic E-state index is 14.3. The number of aromatic nitrogens is 2. The molecule has 0 aliphatic carbocycles. The number of sulfone groups is 1. The van der Waals surface area contributed by atoms with Crippen LogP contribution in [-0.2, 0) is 38.2 Å². The Kier molecular flexibility index (Phi) is 9.88. The number of morpholine rings is 1. The highest BCUT2D eigenvalue weighted by Gasteiger charge is 2.28. The molecule has 1 N–H and O–H groups in total. The van der Waals surface area contributed by atoms with E-state index in [1.54, 1.807) is 22.9 Å². The van der Waals surface area contributed by atoms with E-state index >= 15 is 0 Å². The van der Waals surface area contributed by atoms with Crippen LogP contribution in [0.4, 0.5) is 4.39 Å². The molecule has 2 aromatic rings. The van der Waals surface area contributed by atoms with Gasteiger partial charge in [-0.3, -0.25) is 4.90 Å². The van der Waals surface area contributed by atoms with Crippen LogP contribution in [0.3, 0.4) is 0 Å². The smallest absolute Gasteiger partial charge is 0.228 e. The predicted molar refractivity (Wildman–Crippen MR) is 142 cm³/mol. The second-order valence-electron chi connectivity index (χ2n) is 9.34. The number of hydrogen-bond donors (Lipinski definition) is 1. The van der Waals surface area contributed by atoms with Gasteiger partial charge in [-0.05, 0) is 38.0 Å². The van der Waals surface area contributed by atoms with Gasteiger partial charge in [-0.15, -0.1) is 0 Å². The van der Waals surface area contributed by atoms with Crippen molar-refractivity contribution in [2.24, 2.45) is 0 Å². The molecule has 4 rings (SSSR count). The van der Waals surface area contributed by atoms with Crippen molar-refractivity contribution in [3.63, 3.8) is 0 Å². The maximum Gasteiger partial charge on any atom is 0.228 e. The molecular formula is C25H36FN5O4S2. The van der Waals surface area contributed by atoms with Crippen LogP contribution in [-0.4, -0.2) is 91.5 Å². The van der Waals surface area contributed by atoms with E-state index in [0.29, 0.717) is 37.9 Å². The van der Waals surface area contributed by atoms with Crippen LogP contribution in [0.1, 0.15) is 31.0 Å². The van der Waals surface area contributed by atoms with Crippen LogP contribution >= 0.6 is 12.2 Å². The zero-order chi connectivity index (χ0) is 26.3. The summed E-state index contributed by atoms with van der Waals surface area (Å²) in [6, 6.07) is 5.93. The summed E-state index contributed by atoms with van der Waals surface area (Å²) < 4.78 is 54.2. The van der Waals surface area contributed by atoms with E-state index in [1.165, 1.54) is 12.1 Å². The lowest BCUT2D eigenvalue weighted by molar-refractivity contribution is 0.0356. The number of nitrogens with zero attached hydrogens (tertiary/aromatic N) is 4. The second-order valence-corrected chi connectivity index (χ2v) is 11.6. The Labute approximate surface area is 223 Å². The van der Waals surface area contributed by atoms with E-state index in [0.717, 1.165) is 51.4 Å². The summed E-state index contributed by atoms with van der Waals surface area (Å²) in [5, 5.41) is 3.76. The van der Waals surface area contributed by atoms with Crippen molar-refractivity contribution in [2.45, 2.75) is 49.9 Å². The van der Waals surface area contributed by atoms with Gasteiger partial charge in [0.15, 0.2) is 5.11 Å². The minimum Gasteiger partial charge on any atom is -0.379 e. The van der Waals surface area contributed by atoms with Gasteiger partial charge < -0.3 is 24.3 Å². The van der Waals surface area contributed by atoms with Gasteiger partial charge in [0.1, 0.15) is 5.82 Å². The highest BCUT2D eigenvalue weighted by Crippen LogP contribution is 2.23. The minimum absolute atomic E-state index is 0.0660. The zero-order valence-electron chi connectivity index (χ0n) is 21.3. The summed E-state index contributed by atoms with van der Waals surface area (Å²) in [6.07, 6.45) is 3.28. The molecule has 1 atom stereocenters. The van der Waals surface area contributed by atoms with Gasteiger partial charge in [0.05, 0.1) is 50.1 Å². The van der Waals surface area contributed by atoms with Crippen LogP contribution in [0.2, 0.25) is 0 Å². The van der Waals surface area contributed by atoms with Crippen LogP contribution in [0.5, 0.6) is 0 Å². The molecular weight excluding hydrogens is 517 g/mol. The van der Waals surface area contributed by atoms with Crippen LogP contribution in [0, 0.1) is 5.82 Å². The molecule has 204 valence electrons. The molecule has 3 heterocycles. The molecule has 2 fully saturated rings. The van der Waals surface area contributed by atoms with Gasteiger partial charge in [0.25, 0.3) is 0 Å². The lowest BCUT2D eigenvalue weighted by Gasteiger charge is -2.31.